The van der Waals surface area contributed by atoms with Gasteiger partial charge in [0.15, 0.2) is 0 Å². The van der Waals surface area contributed by atoms with Gasteiger partial charge in [-0.15, -0.1) is 0 Å². The van der Waals surface area contributed by atoms with Gasteiger partial charge in [0.1, 0.15) is 6.04 Å². The first-order chi connectivity index (χ1) is 19.5. The number of amides is 3. The van der Waals surface area contributed by atoms with Gasteiger partial charge in [0, 0.05) is 37.8 Å². The molecule has 5 rings (SSSR count). The first-order valence-corrected chi connectivity index (χ1v) is 14.4. The van der Waals surface area contributed by atoms with Crippen LogP contribution in [-0.2, 0) is 32.4 Å². The van der Waals surface area contributed by atoms with E-state index in [1.54, 1.807) is 4.90 Å². The molecule has 7 nitrogen and oxygen atoms in total. The highest BCUT2D eigenvalue weighted by Crippen LogP contribution is 2.43. The summed E-state index contributed by atoms with van der Waals surface area (Å²) < 4.78 is 41.3. The highest BCUT2D eigenvalue weighted by Gasteiger charge is 2.47. The molecule has 3 aliphatic heterocycles. The Kier molecular flexibility index (Phi) is 8.14. The number of nitrogens with one attached hydrogen (secondary N) is 2. The van der Waals surface area contributed by atoms with E-state index in [0.717, 1.165) is 30.3 Å². The highest BCUT2D eigenvalue weighted by atomic mass is 19.4. The van der Waals surface area contributed by atoms with Crippen LogP contribution in [0.3, 0.4) is 0 Å². The molecule has 2 aromatic rings. The third kappa shape index (κ3) is 5.84. The number of carbonyl (C=O) groups is 3. The molecule has 3 heterocycles. The van der Waals surface area contributed by atoms with E-state index in [1.807, 2.05) is 43.0 Å². The molecule has 0 bridgehead atoms. The lowest BCUT2D eigenvalue weighted by molar-refractivity contribution is -0.140. The topological polar surface area (TPSA) is 81.8 Å². The number of fused-ring (bicyclic) bond motifs is 1. The quantitative estimate of drug-likeness (QED) is 0.549. The van der Waals surface area contributed by atoms with Crippen molar-refractivity contribution in [2.45, 2.75) is 69.6 Å². The second-order valence-electron chi connectivity index (χ2n) is 11.8. The number of anilines is 1. The number of alkyl halides is 3. The maximum Gasteiger partial charge on any atom is 0.416 e. The molecule has 2 saturated heterocycles. The van der Waals surface area contributed by atoms with Crippen molar-refractivity contribution >= 4 is 23.4 Å². The van der Waals surface area contributed by atoms with Gasteiger partial charge in [-0.1, -0.05) is 36.4 Å². The van der Waals surface area contributed by atoms with Crippen molar-refractivity contribution in [1.29, 1.82) is 0 Å². The van der Waals surface area contributed by atoms with E-state index in [-0.39, 0.29) is 35.8 Å². The Morgan fingerprint density at radius 1 is 1.05 bits per heavy atom. The van der Waals surface area contributed by atoms with E-state index in [0.29, 0.717) is 38.9 Å². The Morgan fingerprint density at radius 3 is 2.41 bits per heavy atom. The minimum Gasteiger partial charge on any atom is -0.344 e. The Hall–Kier alpha value is -3.40. The van der Waals surface area contributed by atoms with Crippen LogP contribution in [0.1, 0.15) is 56.2 Å². The average Bonchev–Trinajstić information content (AvgIpc) is 3.17. The monoisotopic (exact) mass is 570 g/mol. The third-order valence-corrected chi connectivity index (χ3v) is 8.76. The molecule has 0 aliphatic carbocycles. The fourth-order valence-electron chi connectivity index (χ4n) is 6.43. The van der Waals surface area contributed by atoms with Crippen LogP contribution in [0.4, 0.5) is 18.9 Å². The van der Waals surface area contributed by atoms with Crippen LogP contribution in [0.5, 0.6) is 0 Å². The molecule has 2 atom stereocenters. The number of likely N-dealkylation sites (tertiary alicyclic amines) is 1. The highest BCUT2D eigenvalue weighted by molar-refractivity contribution is 6.08. The van der Waals surface area contributed by atoms with Crippen molar-refractivity contribution < 1.29 is 27.6 Å². The van der Waals surface area contributed by atoms with E-state index >= 15 is 0 Å². The van der Waals surface area contributed by atoms with Gasteiger partial charge in [-0.2, -0.15) is 13.2 Å². The van der Waals surface area contributed by atoms with Crippen LogP contribution in [0, 0.1) is 5.92 Å². The fourth-order valence-corrected chi connectivity index (χ4v) is 6.43. The molecule has 0 aromatic heterocycles. The van der Waals surface area contributed by atoms with Crippen LogP contribution in [-0.4, -0.2) is 60.9 Å². The van der Waals surface area contributed by atoms with Crippen molar-refractivity contribution in [2.24, 2.45) is 5.92 Å². The normalized spacial score (nSPS) is 21.9. The first kappa shape index (κ1) is 29.1. The lowest BCUT2D eigenvalue weighted by Gasteiger charge is -2.39. The molecule has 0 radical (unpaired) electrons. The van der Waals surface area contributed by atoms with Gasteiger partial charge in [0.05, 0.1) is 16.9 Å². The van der Waals surface area contributed by atoms with Crippen molar-refractivity contribution in [2.75, 3.05) is 31.1 Å². The van der Waals surface area contributed by atoms with Crippen LogP contribution in [0.15, 0.2) is 48.5 Å². The maximum absolute atomic E-state index is 13.8. The smallest absolute Gasteiger partial charge is 0.344 e. The van der Waals surface area contributed by atoms with E-state index in [9.17, 15) is 27.6 Å². The summed E-state index contributed by atoms with van der Waals surface area (Å²) in [5.74, 6) is -1.03. The summed E-state index contributed by atoms with van der Waals surface area (Å²) in [5.41, 5.74) is 0.392. The number of piperidine rings is 2. The van der Waals surface area contributed by atoms with Crippen molar-refractivity contribution in [3.8, 4) is 0 Å². The van der Waals surface area contributed by atoms with Crippen LogP contribution in [0.2, 0.25) is 0 Å². The summed E-state index contributed by atoms with van der Waals surface area (Å²) in [6.45, 7) is 5.80. The lowest BCUT2D eigenvalue weighted by atomic mass is 9.86. The average molecular weight is 571 g/mol. The summed E-state index contributed by atoms with van der Waals surface area (Å²) in [6, 6.07) is 11.7. The standard InChI is InChI=1S/C31H37F3N4O3/c1-30(2)24-11-5-6-12-26(24)38(29(30)41)22-13-16-37(17-14-22)28(40)25(36-27(39)21-9-7-15-35-19-21)18-20-8-3-4-10-23(20)31(32,33)34/h3-6,8,10-12,21-22,25,35H,7,9,13-19H2,1-2H3,(H,36,39)/t21-,25+/m1/s1. The summed E-state index contributed by atoms with van der Waals surface area (Å²) in [6.07, 6.45) is -2.29. The number of para-hydroxylation sites is 1. The number of hydrogen-bond acceptors (Lipinski definition) is 4. The zero-order chi connectivity index (χ0) is 29.4. The second kappa shape index (κ2) is 11.5. The fraction of sp³-hybridized carbons (Fsp3) is 0.516. The molecule has 2 aromatic carbocycles. The lowest BCUT2D eigenvalue weighted by Crippen LogP contribution is -2.56. The Balaban J connectivity index is 1.33. The number of rotatable bonds is 6. The third-order valence-electron chi connectivity index (χ3n) is 8.76. The Labute approximate surface area is 238 Å². The zero-order valence-corrected chi connectivity index (χ0v) is 23.5. The molecule has 3 amide bonds. The van der Waals surface area contributed by atoms with Gasteiger partial charge < -0.3 is 20.4 Å². The predicted octanol–water partition coefficient (Wildman–Crippen LogP) is 4.05. The van der Waals surface area contributed by atoms with Crippen molar-refractivity contribution in [3.05, 3.63) is 65.2 Å². The molecule has 0 saturated carbocycles. The largest absolute Gasteiger partial charge is 0.416 e. The number of carbonyl (C=O) groups excluding carboxylic acids is 3. The Bertz CT molecular complexity index is 1300. The van der Waals surface area contributed by atoms with E-state index in [1.165, 1.54) is 18.2 Å². The van der Waals surface area contributed by atoms with Gasteiger partial charge in [0.2, 0.25) is 17.7 Å². The minimum atomic E-state index is -4.58. The first-order valence-electron chi connectivity index (χ1n) is 14.4. The van der Waals surface area contributed by atoms with Gasteiger partial charge >= 0.3 is 6.18 Å². The van der Waals surface area contributed by atoms with Crippen molar-refractivity contribution in [1.82, 2.24) is 15.5 Å². The van der Waals surface area contributed by atoms with Crippen LogP contribution >= 0.6 is 0 Å². The summed E-state index contributed by atoms with van der Waals surface area (Å²) >= 11 is 0. The molecule has 10 heteroatoms. The van der Waals surface area contributed by atoms with E-state index in [4.69, 9.17) is 0 Å². The summed E-state index contributed by atoms with van der Waals surface area (Å²) in [4.78, 5) is 43.8. The second-order valence-corrected chi connectivity index (χ2v) is 11.8. The molecule has 0 unspecified atom stereocenters. The van der Waals surface area contributed by atoms with Crippen LogP contribution < -0.4 is 15.5 Å². The Morgan fingerprint density at radius 2 is 1.73 bits per heavy atom. The van der Waals surface area contributed by atoms with E-state index in [2.05, 4.69) is 10.6 Å². The summed E-state index contributed by atoms with van der Waals surface area (Å²) in [5, 5.41) is 5.98. The van der Waals surface area contributed by atoms with Gasteiger partial charge in [0.25, 0.3) is 0 Å². The molecule has 2 N–H and O–H groups in total. The minimum absolute atomic E-state index is 0.0264. The molecular weight excluding hydrogens is 533 g/mol. The molecule has 220 valence electrons. The molecular formula is C31H37F3N4O3. The maximum atomic E-state index is 13.8. The summed E-state index contributed by atoms with van der Waals surface area (Å²) in [7, 11) is 0. The number of halogens is 3. The van der Waals surface area contributed by atoms with Crippen LogP contribution in [0.25, 0.3) is 0 Å². The molecule has 3 aliphatic rings. The molecule has 41 heavy (non-hydrogen) atoms. The zero-order valence-electron chi connectivity index (χ0n) is 23.5. The van der Waals surface area contributed by atoms with Gasteiger partial charge in [-0.25, -0.2) is 0 Å². The molecule has 2 fully saturated rings. The van der Waals surface area contributed by atoms with E-state index < -0.39 is 29.1 Å². The van der Waals surface area contributed by atoms with Gasteiger partial charge in [-0.3, -0.25) is 14.4 Å². The number of hydrogen-bond donors (Lipinski definition) is 2. The van der Waals surface area contributed by atoms with Gasteiger partial charge in [-0.05, 0) is 69.3 Å². The SMILES string of the molecule is CC1(C)C(=O)N(C2CCN(C(=O)[C@H](Cc3ccccc3C(F)(F)F)NC(=O)[C@@H]3CCCNC3)CC2)c2ccccc21. The predicted molar refractivity (Wildman–Crippen MR) is 149 cm³/mol. The van der Waals surface area contributed by atoms with Crippen molar-refractivity contribution in [3.63, 3.8) is 0 Å². The molecule has 0 spiro atoms. The number of nitrogens with zero attached hydrogens (tertiary/aromatic N) is 2. The number of benzene rings is 2.